The lowest BCUT2D eigenvalue weighted by Gasteiger charge is -2.16. The summed E-state index contributed by atoms with van der Waals surface area (Å²) in [5.41, 5.74) is 0.518. The van der Waals surface area contributed by atoms with Gasteiger partial charge < -0.3 is 10.1 Å². The number of carbonyl (C=O) groups is 1. The maximum atomic E-state index is 14.4. The van der Waals surface area contributed by atoms with Gasteiger partial charge in [-0.1, -0.05) is 6.07 Å². The Morgan fingerprint density at radius 1 is 1.32 bits per heavy atom. The smallest absolute Gasteiger partial charge is 0.310 e. The fourth-order valence-electron chi connectivity index (χ4n) is 2.03. The van der Waals surface area contributed by atoms with Crippen LogP contribution in [-0.2, 0) is 16.0 Å². The molecule has 0 saturated carbocycles. The largest absolute Gasteiger partial charge is 0.469 e. The third-order valence-corrected chi connectivity index (χ3v) is 3.24. The first-order valence-corrected chi connectivity index (χ1v) is 6.74. The topological polar surface area (TPSA) is 51.2 Å². The van der Waals surface area contributed by atoms with Crippen LogP contribution < -0.4 is 5.32 Å². The van der Waals surface area contributed by atoms with E-state index in [0.717, 1.165) is 11.8 Å². The van der Waals surface area contributed by atoms with E-state index in [-0.39, 0.29) is 17.3 Å². The van der Waals surface area contributed by atoms with Crippen LogP contribution in [0, 0.1) is 11.6 Å². The molecule has 0 spiro atoms. The number of halogens is 2. The average molecular weight is 306 g/mol. The molecule has 4 nitrogen and oxygen atoms in total. The van der Waals surface area contributed by atoms with Crippen molar-refractivity contribution in [1.29, 1.82) is 0 Å². The maximum absolute atomic E-state index is 14.4. The maximum Gasteiger partial charge on any atom is 0.310 e. The summed E-state index contributed by atoms with van der Waals surface area (Å²) in [6.45, 7) is 1.81. The molecular weight excluding hydrogens is 290 g/mol. The molecule has 0 bridgehead atoms. The van der Waals surface area contributed by atoms with Crippen molar-refractivity contribution in [2.75, 3.05) is 12.4 Å². The van der Waals surface area contributed by atoms with Crippen molar-refractivity contribution in [3.8, 4) is 0 Å². The average Bonchev–Trinajstić information content (AvgIpc) is 2.54. The predicted octanol–water partition coefficient (Wildman–Crippen LogP) is 3.25. The van der Waals surface area contributed by atoms with E-state index in [1.54, 1.807) is 18.3 Å². The molecule has 2 rings (SSSR count). The zero-order valence-electron chi connectivity index (χ0n) is 12.3. The fraction of sp³-hybridized carbons (Fsp3) is 0.250. The van der Waals surface area contributed by atoms with Gasteiger partial charge >= 0.3 is 5.97 Å². The number of esters is 1. The number of nitrogens with one attached hydrogen (secondary N) is 1. The van der Waals surface area contributed by atoms with Crippen LogP contribution in [0.4, 0.5) is 14.5 Å². The molecule has 1 heterocycles. The van der Waals surface area contributed by atoms with E-state index in [1.165, 1.54) is 13.2 Å². The van der Waals surface area contributed by atoms with E-state index in [2.05, 4.69) is 15.0 Å². The molecule has 1 atom stereocenters. The molecule has 1 aromatic carbocycles. The van der Waals surface area contributed by atoms with Gasteiger partial charge in [-0.15, -0.1) is 0 Å². The summed E-state index contributed by atoms with van der Waals surface area (Å²) in [5, 5.41) is 2.93. The summed E-state index contributed by atoms with van der Waals surface area (Å²) >= 11 is 0. The van der Waals surface area contributed by atoms with Gasteiger partial charge in [0.05, 0.1) is 31.0 Å². The first-order chi connectivity index (χ1) is 10.5. The van der Waals surface area contributed by atoms with Crippen molar-refractivity contribution in [3.63, 3.8) is 0 Å². The molecule has 0 aliphatic rings. The number of carbonyl (C=O) groups excluding carboxylic acids is 1. The molecular formula is C16H16F2N2O2. The van der Waals surface area contributed by atoms with Crippen LogP contribution in [0.3, 0.4) is 0 Å². The third kappa shape index (κ3) is 3.58. The second-order valence-electron chi connectivity index (χ2n) is 4.76. The highest BCUT2D eigenvalue weighted by Crippen LogP contribution is 2.25. The molecule has 0 aliphatic heterocycles. The fourth-order valence-corrected chi connectivity index (χ4v) is 2.03. The molecule has 0 saturated heterocycles. The molecule has 1 unspecified atom stereocenters. The molecule has 0 fully saturated rings. The van der Waals surface area contributed by atoms with Crippen molar-refractivity contribution >= 4 is 11.7 Å². The molecule has 2 aromatic rings. The van der Waals surface area contributed by atoms with Crippen LogP contribution in [-0.4, -0.2) is 18.1 Å². The minimum atomic E-state index is -0.798. The van der Waals surface area contributed by atoms with Crippen LogP contribution in [0.25, 0.3) is 0 Å². The number of methoxy groups -OCH3 is 1. The van der Waals surface area contributed by atoms with Crippen molar-refractivity contribution in [2.45, 2.75) is 19.4 Å². The minimum absolute atomic E-state index is 0.110. The second-order valence-corrected chi connectivity index (χ2v) is 4.76. The van der Waals surface area contributed by atoms with Gasteiger partial charge in [-0.05, 0) is 31.2 Å². The lowest BCUT2D eigenvalue weighted by molar-refractivity contribution is -0.139. The van der Waals surface area contributed by atoms with Crippen LogP contribution in [0.2, 0.25) is 0 Å². The van der Waals surface area contributed by atoms with Gasteiger partial charge in [-0.2, -0.15) is 0 Å². The van der Waals surface area contributed by atoms with Crippen LogP contribution >= 0.6 is 0 Å². The molecule has 1 aromatic heterocycles. The lowest BCUT2D eigenvalue weighted by atomic mass is 10.1. The van der Waals surface area contributed by atoms with Crippen molar-refractivity contribution in [1.82, 2.24) is 4.98 Å². The first kappa shape index (κ1) is 15.9. The number of pyridine rings is 1. The Bertz CT molecular complexity index is 663. The van der Waals surface area contributed by atoms with Gasteiger partial charge in [0, 0.05) is 11.8 Å². The molecule has 0 amide bonds. The SMILES string of the molecule is COC(=O)Cc1c(F)ccc(NC(C)c2ccccn2)c1F. The highest BCUT2D eigenvalue weighted by molar-refractivity contribution is 5.73. The summed E-state index contributed by atoms with van der Waals surface area (Å²) < 4.78 is 32.5. The Labute approximate surface area is 127 Å². The number of aromatic nitrogens is 1. The zero-order chi connectivity index (χ0) is 16.1. The van der Waals surface area contributed by atoms with Gasteiger partial charge in [0.15, 0.2) is 5.82 Å². The van der Waals surface area contributed by atoms with Crippen molar-refractivity contribution < 1.29 is 18.3 Å². The normalized spacial score (nSPS) is 11.8. The molecule has 116 valence electrons. The van der Waals surface area contributed by atoms with Crippen molar-refractivity contribution in [2.24, 2.45) is 0 Å². The summed E-state index contributed by atoms with van der Waals surface area (Å²) in [7, 11) is 1.17. The van der Waals surface area contributed by atoms with Gasteiger partial charge in [0.2, 0.25) is 0 Å². The van der Waals surface area contributed by atoms with E-state index in [9.17, 15) is 13.6 Å². The van der Waals surface area contributed by atoms with Crippen LogP contribution in [0.15, 0.2) is 36.5 Å². The van der Waals surface area contributed by atoms with Gasteiger partial charge in [-0.25, -0.2) is 8.78 Å². The molecule has 1 N–H and O–H groups in total. The highest BCUT2D eigenvalue weighted by atomic mass is 19.1. The number of rotatable bonds is 5. The number of hydrogen-bond donors (Lipinski definition) is 1. The Balaban J connectivity index is 2.25. The number of nitrogens with zero attached hydrogens (tertiary/aromatic N) is 1. The Morgan fingerprint density at radius 2 is 2.09 bits per heavy atom. The molecule has 6 heteroatoms. The van der Waals surface area contributed by atoms with E-state index < -0.39 is 24.0 Å². The van der Waals surface area contributed by atoms with Crippen LogP contribution in [0.5, 0.6) is 0 Å². The van der Waals surface area contributed by atoms with E-state index in [4.69, 9.17) is 0 Å². The lowest BCUT2D eigenvalue weighted by Crippen LogP contribution is -2.13. The summed E-state index contributed by atoms with van der Waals surface area (Å²) in [6.07, 6.45) is 1.18. The second kappa shape index (κ2) is 6.98. The predicted molar refractivity (Wildman–Crippen MR) is 78.4 cm³/mol. The van der Waals surface area contributed by atoms with Gasteiger partial charge in [0.1, 0.15) is 5.82 Å². The van der Waals surface area contributed by atoms with E-state index >= 15 is 0 Å². The minimum Gasteiger partial charge on any atom is -0.469 e. The number of ether oxygens (including phenoxy) is 1. The standard InChI is InChI=1S/C16H16F2N2O2/c1-10(13-5-3-4-8-19-13)20-14-7-6-12(17)11(16(14)18)9-15(21)22-2/h3-8,10,20H,9H2,1-2H3. The quantitative estimate of drug-likeness (QED) is 0.862. The highest BCUT2D eigenvalue weighted by Gasteiger charge is 2.18. The van der Waals surface area contributed by atoms with Gasteiger partial charge in [-0.3, -0.25) is 9.78 Å². The van der Waals surface area contributed by atoms with Crippen molar-refractivity contribution in [3.05, 3.63) is 59.4 Å². The molecule has 22 heavy (non-hydrogen) atoms. The van der Waals surface area contributed by atoms with Gasteiger partial charge in [0.25, 0.3) is 0 Å². The van der Waals surface area contributed by atoms with Crippen LogP contribution in [0.1, 0.15) is 24.2 Å². The Morgan fingerprint density at radius 3 is 2.73 bits per heavy atom. The number of anilines is 1. The van der Waals surface area contributed by atoms with E-state index in [0.29, 0.717) is 0 Å². The zero-order valence-corrected chi connectivity index (χ0v) is 12.3. The summed E-state index contributed by atoms with van der Waals surface area (Å²) in [6, 6.07) is 7.55. The van der Waals surface area contributed by atoms with E-state index in [1.807, 2.05) is 13.0 Å². The molecule has 0 radical (unpaired) electrons. The molecule has 0 aliphatic carbocycles. The Hall–Kier alpha value is -2.50. The Kier molecular flexibility index (Phi) is 5.04. The third-order valence-electron chi connectivity index (χ3n) is 3.24. The number of benzene rings is 1. The summed E-state index contributed by atoms with van der Waals surface area (Å²) in [4.78, 5) is 15.4. The number of hydrogen-bond acceptors (Lipinski definition) is 4. The monoisotopic (exact) mass is 306 g/mol. The summed E-state index contributed by atoms with van der Waals surface area (Å²) in [5.74, 6) is -2.28. The first-order valence-electron chi connectivity index (χ1n) is 6.74.